The summed E-state index contributed by atoms with van der Waals surface area (Å²) < 4.78 is 22.3. The summed E-state index contributed by atoms with van der Waals surface area (Å²) in [6, 6.07) is 9.63. The van der Waals surface area contributed by atoms with Gasteiger partial charge < -0.3 is 18.7 Å². The van der Waals surface area contributed by atoms with Crippen LogP contribution >= 0.6 is 0 Å². The number of methoxy groups -OCH3 is 1. The van der Waals surface area contributed by atoms with E-state index in [4.69, 9.17) is 18.7 Å². The molecule has 0 amide bonds. The van der Waals surface area contributed by atoms with E-state index in [1.165, 1.54) is 0 Å². The number of rotatable bonds is 6. The highest BCUT2D eigenvalue weighted by atomic mass is 16.6. The molecule has 0 saturated heterocycles. The highest BCUT2D eigenvalue weighted by Crippen LogP contribution is 2.37. The van der Waals surface area contributed by atoms with Gasteiger partial charge in [-0.1, -0.05) is 5.16 Å². The first-order valence-corrected chi connectivity index (χ1v) is 8.74. The number of pyridine rings is 1. The number of hydrogen-bond acceptors (Lipinski definition) is 7. The van der Waals surface area contributed by atoms with Crippen LogP contribution in [-0.2, 0) is 13.1 Å². The lowest BCUT2D eigenvalue weighted by molar-refractivity contribution is 0.170. The van der Waals surface area contributed by atoms with Gasteiger partial charge in [-0.25, -0.2) is 0 Å². The molecule has 3 aromatic rings. The van der Waals surface area contributed by atoms with Crippen molar-refractivity contribution in [1.29, 1.82) is 0 Å². The van der Waals surface area contributed by atoms with E-state index in [0.29, 0.717) is 26.3 Å². The first-order chi connectivity index (χ1) is 13.2. The van der Waals surface area contributed by atoms with Crippen LogP contribution in [0, 0.1) is 0 Å². The first-order valence-electron chi connectivity index (χ1n) is 8.74. The second-order valence-corrected chi connectivity index (χ2v) is 6.40. The van der Waals surface area contributed by atoms with Crippen LogP contribution in [0.5, 0.6) is 17.2 Å². The standard InChI is InChI=1S/C20H21N3O4/c1-23(13-16-9-17(22-27-16)14-4-3-5-21-11-14)12-15-8-19-20(10-18(15)24-2)26-7-6-25-19/h3-5,8-11H,6-7,12-13H2,1-2H3. The van der Waals surface area contributed by atoms with E-state index in [2.05, 4.69) is 15.0 Å². The lowest BCUT2D eigenvalue weighted by Crippen LogP contribution is -2.19. The Bertz CT molecular complexity index is 911. The molecule has 7 nitrogen and oxygen atoms in total. The van der Waals surface area contributed by atoms with Gasteiger partial charge in [0, 0.05) is 42.2 Å². The van der Waals surface area contributed by atoms with Gasteiger partial charge in [0.2, 0.25) is 0 Å². The van der Waals surface area contributed by atoms with Crippen molar-refractivity contribution in [3.05, 3.63) is 54.0 Å². The Balaban J connectivity index is 1.47. The highest BCUT2D eigenvalue weighted by molar-refractivity contribution is 5.57. The molecule has 0 radical (unpaired) electrons. The van der Waals surface area contributed by atoms with Gasteiger partial charge in [0.25, 0.3) is 0 Å². The van der Waals surface area contributed by atoms with Gasteiger partial charge in [0.15, 0.2) is 17.3 Å². The largest absolute Gasteiger partial charge is 0.496 e. The highest BCUT2D eigenvalue weighted by Gasteiger charge is 2.18. The Kier molecular flexibility index (Phi) is 4.93. The van der Waals surface area contributed by atoms with Crippen molar-refractivity contribution < 1.29 is 18.7 Å². The maximum atomic E-state index is 5.68. The molecule has 7 heteroatoms. The Morgan fingerprint density at radius 2 is 1.93 bits per heavy atom. The average molecular weight is 367 g/mol. The van der Waals surface area contributed by atoms with Gasteiger partial charge in [0.05, 0.1) is 13.7 Å². The maximum Gasteiger partial charge on any atom is 0.165 e. The summed E-state index contributed by atoms with van der Waals surface area (Å²) in [7, 11) is 3.67. The Morgan fingerprint density at radius 1 is 1.11 bits per heavy atom. The van der Waals surface area contributed by atoms with Crippen LogP contribution < -0.4 is 14.2 Å². The van der Waals surface area contributed by atoms with E-state index in [1.54, 1.807) is 19.5 Å². The number of benzene rings is 1. The molecule has 0 aliphatic carbocycles. The Hall–Kier alpha value is -3.06. The lowest BCUT2D eigenvalue weighted by atomic mass is 10.1. The summed E-state index contributed by atoms with van der Waals surface area (Å²) in [6.07, 6.45) is 3.50. The molecule has 0 fully saturated rings. The quantitative estimate of drug-likeness (QED) is 0.663. The topological polar surface area (TPSA) is 69.9 Å². The zero-order valence-corrected chi connectivity index (χ0v) is 15.3. The molecular weight excluding hydrogens is 346 g/mol. The van der Waals surface area contributed by atoms with Crippen molar-refractivity contribution >= 4 is 0 Å². The SMILES string of the molecule is COc1cc2c(cc1CN(C)Cc1cc(-c3cccnc3)no1)OCCO2. The minimum Gasteiger partial charge on any atom is -0.496 e. The van der Waals surface area contributed by atoms with Gasteiger partial charge >= 0.3 is 0 Å². The van der Waals surface area contributed by atoms with Crippen LogP contribution in [0.2, 0.25) is 0 Å². The third kappa shape index (κ3) is 3.88. The van der Waals surface area contributed by atoms with Crippen LogP contribution in [0.3, 0.4) is 0 Å². The molecule has 140 valence electrons. The summed E-state index contributed by atoms with van der Waals surface area (Å²) in [5, 5.41) is 4.14. The van der Waals surface area contributed by atoms with Crippen LogP contribution in [0.1, 0.15) is 11.3 Å². The summed E-state index contributed by atoms with van der Waals surface area (Å²) >= 11 is 0. The zero-order valence-electron chi connectivity index (χ0n) is 15.3. The number of hydrogen-bond donors (Lipinski definition) is 0. The van der Waals surface area contributed by atoms with E-state index in [9.17, 15) is 0 Å². The van der Waals surface area contributed by atoms with E-state index < -0.39 is 0 Å². The fourth-order valence-electron chi connectivity index (χ4n) is 3.08. The number of aromatic nitrogens is 2. The summed E-state index contributed by atoms with van der Waals surface area (Å²) in [5.41, 5.74) is 2.74. The molecule has 0 atom stereocenters. The minimum atomic E-state index is 0.556. The van der Waals surface area contributed by atoms with Gasteiger partial charge in [0.1, 0.15) is 24.7 Å². The predicted octanol–water partition coefficient (Wildman–Crippen LogP) is 3.15. The number of ether oxygens (including phenoxy) is 3. The van der Waals surface area contributed by atoms with E-state index in [-0.39, 0.29) is 0 Å². The van der Waals surface area contributed by atoms with Gasteiger partial charge in [-0.2, -0.15) is 0 Å². The van der Waals surface area contributed by atoms with Crippen LogP contribution in [-0.4, -0.2) is 42.4 Å². The second kappa shape index (κ2) is 7.67. The lowest BCUT2D eigenvalue weighted by Gasteiger charge is -2.22. The van der Waals surface area contributed by atoms with Gasteiger partial charge in [-0.15, -0.1) is 0 Å². The maximum absolute atomic E-state index is 5.68. The van der Waals surface area contributed by atoms with Crippen LogP contribution in [0.25, 0.3) is 11.3 Å². The minimum absolute atomic E-state index is 0.556. The van der Waals surface area contributed by atoms with Crippen LogP contribution in [0.4, 0.5) is 0 Å². The van der Waals surface area contributed by atoms with E-state index in [1.807, 2.05) is 37.4 Å². The van der Waals surface area contributed by atoms with Crippen molar-refractivity contribution in [2.75, 3.05) is 27.4 Å². The fraction of sp³-hybridized carbons (Fsp3) is 0.300. The van der Waals surface area contributed by atoms with Crippen molar-refractivity contribution in [2.24, 2.45) is 0 Å². The third-order valence-corrected chi connectivity index (χ3v) is 4.33. The number of nitrogens with zero attached hydrogens (tertiary/aromatic N) is 3. The molecule has 27 heavy (non-hydrogen) atoms. The van der Waals surface area contributed by atoms with E-state index >= 15 is 0 Å². The molecule has 0 unspecified atom stereocenters. The Morgan fingerprint density at radius 3 is 2.67 bits per heavy atom. The van der Waals surface area contributed by atoms with Crippen molar-refractivity contribution in [1.82, 2.24) is 15.0 Å². The van der Waals surface area contributed by atoms with Crippen molar-refractivity contribution in [2.45, 2.75) is 13.1 Å². The molecule has 4 rings (SSSR count). The molecular formula is C20H21N3O4. The summed E-state index contributed by atoms with van der Waals surface area (Å²) in [4.78, 5) is 6.24. The molecule has 3 heterocycles. The third-order valence-electron chi connectivity index (χ3n) is 4.33. The predicted molar refractivity (Wildman–Crippen MR) is 98.9 cm³/mol. The molecule has 0 N–H and O–H groups in total. The Labute approximate surface area is 157 Å². The first kappa shape index (κ1) is 17.4. The normalized spacial score (nSPS) is 13.0. The molecule has 0 bridgehead atoms. The smallest absolute Gasteiger partial charge is 0.165 e. The molecule has 0 saturated carbocycles. The average Bonchev–Trinajstić information content (AvgIpc) is 3.16. The summed E-state index contributed by atoms with van der Waals surface area (Å²) in [5.74, 6) is 3.04. The van der Waals surface area contributed by atoms with Gasteiger partial charge in [-0.05, 0) is 25.2 Å². The molecule has 1 aromatic carbocycles. The van der Waals surface area contributed by atoms with Crippen LogP contribution in [0.15, 0.2) is 47.2 Å². The zero-order chi connectivity index (χ0) is 18.6. The second-order valence-electron chi connectivity index (χ2n) is 6.40. The molecule has 1 aliphatic heterocycles. The monoisotopic (exact) mass is 367 g/mol. The molecule has 0 spiro atoms. The fourth-order valence-corrected chi connectivity index (χ4v) is 3.08. The van der Waals surface area contributed by atoms with Crippen molar-refractivity contribution in [3.63, 3.8) is 0 Å². The van der Waals surface area contributed by atoms with Gasteiger partial charge in [-0.3, -0.25) is 9.88 Å². The van der Waals surface area contributed by atoms with E-state index in [0.717, 1.165) is 39.8 Å². The molecule has 1 aliphatic rings. The van der Waals surface area contributed by atoms with Crippen molar-refractivity contribution in [3.8, 4) is 28.5 Å². The number of fused-ring (bicyclic) bond motifs is 1. The molecule has 2 aromatic heterocycles. The summed E-state index contributed by atoms with van der Waals surface area (Å²) in [6.45, 7) is 2.40.